The Hall–Kier alpha value is -1.07. The first-order valence-corrected chi connectivity index (χ1v) is 8.24. The monoisotopic (exact) mass is 314 g/mol. The van der Waals surface area contributed by atoms with Gasteiger partial charge < -0.3 is 9.47 Å². The van der Waals surface area contributed by atoms with Crippen molar-refractivity contribution < 1.29 is 23.9 Å². The number of rotatable bonds is 16. The standard InChI is InChI=1S/C17H30O5/c1-3-11-21-12-4-6-16(19)8-9-17(20)7-5-13-22-14-10-15(2)18/h3-14H2,1-2H3. The van der Waals surface area contributed by atoms with Crippen LogP contribution in [0.1, 0.15) is 65.2 Å². The third-order valence-electron chi connectivity index (χ3n) is 3.12. The maximum Gasteiger partial charge on any atom is 0.133 e. The Morgan fingerprint density at radius 3 is 1.64 bits per heavy atom. The third-order valence-corrected chi connectivity index (χ3v) is 3.12. The van der Waals surface area contributed by atoms with Crippen LogP contribution in [-0.2, 0) is 23.9 Å². The molecule has 0 aliphatic carbocycles. The van der Waals surface area contributed by atoms with Crippen molar-refractivity contribution in [2.45, 2.75) is 65.2 Å². The first kappa shape index (κ1) is 20.9. The van der Waals surface area contributed by atoms with Gasteiger partial charge in [-0.25, -0.2) is 0 Å². The van der Waals surface area contributed by atoms with Gasteiger partial charge in [0.15, 0.2) is 0 Å². The zero-order valence-electron chi connectivity index (χ0n) is 14.0. The molecule has 0 N–H and O–H groups in total. The molecule has 0 aromatic heterocycles. The second kappa shape index (κ2) is 14.9. The first-order valence-electron chi connectivity index (χ1n) is 8.24. The van der Waals surface area contributed by atoms with Crippen molar-refractivity contribution in [3.05, 3.63) is 0 Å². The minimum Gasteiger partial charge on any atom is -0.381 e. The van der Waals surface area contributed by atoms with Gasteiger partial charge in [0.25, 0.3) is 0 Å². The molecule has 0 saturated carbocycles. The number of Topliss-reactive ketones (excluding diaryl/α,β-unsaturated/α-hetero) is 3. The summed E-state index contributed by atoms with van der Waals surface area (Å²) in [6, 6.07) is 0. The fraction of sp³-hybridized carbons (Fsp3) is 0.824. The van der Waals surface area contributed by atoms with E-state index in [0.29, 0.717) is 58.3 Å². The lowest BCUT2D eigenvalue weighted by Gasteiger charge is -2.04. The van der Waals surface area contributed by atoms with E-state index in [1.54, 1.807) is 0 Å². The summed E-state index contributed by atoms with van der Waals surface area (Å²) in [6.07, 6.45) is 4.37. The van der Waals surface area contributed by atoms with E-state index in [4.69, 9.17) is 9.47 Å². The average Bonchev–Trinajstić information content (AvgIpc) is 2.48. The molecule has 0 aliphatic rings. The second-order valence-electron chi connectivity index (χ2n) is 5.46. The van der Waals surface area contributed by atoms with Crippen LogP contribution in [0.5, 0.6) is 0 Å². The van der Waals surface area contributed by atoms with Gasteiger partial charge in [0, 0.05) is 51.9 Å². The van der Waals surface area contributed by atoms with E-state index in [0.717, 1.165) is 19.4 Å². The molecule has 0 spiro atoms. The Morgan fingerprint density at radius 1 is 0.682 bits per heavy atom. The molecule has 0 unspecified atom stereocenters. The van der Waals surface area contributed by atoms with Crippen molar-refractivity contribution in [3.8, 4) is 0 Å². The highest BCUT2D eigenvalue weighted by molar-refractivity contribution is 5.85. The van der Waals surface area contributed by atoms with Crippen molar-refractivity contribution in [2.24, 2.45) is 0 Å². The topological polar surface area (TPSA) is 69.7 Å². The molecule has 0 bridgehead atoms. The molecule has 0 fully saturated rings. The predicted molar refractivity (Wildman–Crippen MR) is 84.9 cm³/mol. The van der Waals surface area contributed by atoms with Crippen molar-refractivity contribution in [1.29, 1.82) is 0 Å². The Kier molecular flexibility index (Phi) is 14.1. The molecule has 22 heavy (non-hydrogen) atoms. The van der Waals surface area contributed by atoms with Crippen LogP contribution >= 0.6 is 0 Å². The molecule has 0 radical (unpaired) electrons. The molecule has 0 aromatic carbocycles. The van der Waals surface area contributed by atoms with Crippen LogP contribution in [-0.4, -0.2) is 43.8 Å². The fourth-order valence-corrected chi connectivity index (χ4v) is 1.84. The van der Waals surface area contributed by atoms with Crippen LogP contribution < -0.4 is 0 Å². The second-order valence-corrected chi connectivity index (χ2v) is 5.46. The van der Waals surface area contributed by atoms with Crippen molar-refractivity contribution in [1.82, 2.24) is 0 Å². The van der Waals surface area contributed by atoms with E-state index in [9.17, 15) is 14.4 Å². The van der Waals surface area contributed by atoms with Gasteiger partial charge in [-0.1, -0.05) is 6.92 Å². The minimum atomic E-state index is 0.103. The van der Waals surface area contributed by atoms with Crippen LogP contribution in [0.15, 0.2) is 0 Å². The van der Waals surface area contributed by atoms with Crippen LogP contribution in [0.2, 0.25) is 0 Å². The largest absolute Gasteiger partial charge is 0.381 e. The number of carbonyl (C=O) groups excluding carboxylic acids is 3. The minimum absolute atomic E-state index is 0.103. The molecule has 0 aliphatic heterocycles. The Labute approximate surface area is 133 Å². The summed E-state index contributed by atoms with van der Waals surface area (Å²) in [5, 5.41) is 0. The average molecular weight is 314 g/mol. The van der Waals surface area contributed by atoms with Crippen LogP contribution in [0, 0.1) is 0 Å². The summed E-state index contributed by atoms with van der Waals surface area (Å²) in [5.74, 6) is 0.339. The van der Waals surface area contributed by atoms with Gasteiger partial charge in [-0.3, -0.25) is 14.4 Å². The van der Waals surface area contributed by atoms with Crippen molar-refractivity contribution >= 4 is 17.3 Å². The highest BCUT2D eigenvalue weighted by atomic mass is 16.5. The van der Waals surface area contributed by atoms with E-state index in [1.807, 2.05) is 6.92 Å². The van der Waals surface area contributed by atoms with E-state index < -0.39 is 0 Å². The van der Waals surface area contributed by atoms with Gasteiger partial charge in [-0.2, -0.15) is 0 Å². The molecule has 0 saturated heterocycles. The maximum absolute atomic E-state index is 11.6. The fourth-order valence-electron chi connectivity index (χ4n) is 1.84. The van der Waals surface area contributed by atoms with Crippen LogP contribution in [0.25, 0.3) is 0 Å². The number of carbonyl (C=O) groups is 3. The van der Waals surface area contributed by atoms with Gasteiger partial charge in [0.1, 0.15) is 17.3 Å². The zero-order chi connectivity index (χ0) is 16.6. The van der Waals surface area contributed by atoms with E-state index in [1.165, 1.54) is 6.92 Å². The molecule has 5 nitrogen and oxygen atoms in total. The molecular formula is C17H30O5. The highest BCUT2D eigenvalue weighted by Crippen LogP contribution is 2.04. The summed E-state index contributed by atoms with van der Waals surface area (Å²) < 4.78 is 10.6. The Balaban J connectivity index is 3.40. The maximum atomic E-state index is 11.6. The van der Waals surface area contributed by atoms with Crippen LogP contribution in [0.3, 0.4) is 0 Å². The lowest BCUT2D eigenvalue weighted by atomic mass is 10.1. The van der Waals surface area contributed by atoms with Gasteiger partial charge in [0.2, 0.25) is 0 Å². The number of ether oxygens (including phenoxy) is 2. The molecule has 5 heteroatoms. The van der Waals surface area contributed by atoms with Crippen LogP contribution in [0.4, 0.5) is 0 Å². The van der Waals surface area contributed by atoms with Crippen molar-refractivity contribution in [3.63, 3.8) is 0 Å². The summed E-state index contributed by atoms with van der Waals surface area (Å²) in [7, 11) is 0. The van der Waals surface area contributed by atoms with E-state index in [-0.39, 0.29) is 17.3 Å². The van der Waals surface area contributed by atoms with E-state index in [2.05, 4.69) is 0 Å². The summed E-state index contributed by atoms with van der Waals surface area (Å²) >= 11 is 0. The lowest BCUT2D eigenvalue weighted by molar-refractivity contribution is -0.124. The lowest BCUT2D eigenvalue weighted by Crippen LogP contribution is -2.07. The van der Waals surface area contributed by atoms with E-state index >= 15 is 0 Å². The molecule has 0 heterocycles. The number of ketones is 3. The van der Waals surface area contributed by atoms with Gasteiger partial charge in [-0.05, 0) is 26.2 Å². The summed E-state index contributed by atoms with van der Waals surface area (Å²) in [5.41, 5.74) is 0. The van der Waals surface area contributed by atoms with Gasteiger partial charge in [0.05, 0.1) is 6.61 Å². The zero-order valence-corrected chi connectivity index (χ0v) is 14.0. The molecular weight excluding hydrogens is 284 g/mol. The highest BCUT2D eigenvalue weighted by Gasteiger charge is 2.07. The Morgan fingerprint density at radius 2 is 1.18 bits per heavy atom. The normalized spacial score (nSPS) is 10.6. The van der Waals surface area contributed by atoms with Gasteiger partial charge >= 0.3 is 0 Å². The predicted octanol–water partition coefficient (Wildman–Crippen LogP) is 2.89. The number of hydrogen-bond acceptors (Lipinski definition) is 5. The SMILES string of the molecule is CCCOCCCC(=O)CCC(=O)CCCOCCC(C)=O. The first-order chi connectivity index (χ1) is 10.6. The molecule has 0 amide bonds. The third kappa shape index (κ3) is 15.3. The summed E-state index contributed by atoms with van der Waals surface area (Å²) in [6.45, 7) is 5.83. The Bertz CT molecular complexity index is 325. The molecule has 128 valence electrons. The summed E-state index contributed by atoms with van der Waals surface area (Å²) in [4.78, 5) is 33.9. The molecule has 0 aromatic rings. The quantitative estimate of drug-likeness (QED) is 0.410. The molecule has 0 rings (SSSR count). The van der Waals surface area contributed by atoms with Crippen molar-refractivity contribution in [2.75, 3.05) is 26.4 Å². The smallest absolute Gasteiger partial charge is 0.133 e. The number of hydrogen-bond donors (Lipinski definition) is 0. The van der Waals surface area contributed by atoms with Gasteiger partial charge in [-0.15, -0.1) is 0 Å². The molecule has 0 atom stereocenters.